The maximum absolute atomic E-state index is 11.6. The van der Waals surface area contributed by atoms with Crippen molar-refractivity contribution in [3.63, 3.8) is 0 Å². The van der Waals surface area contributed by atoms with Gasteiger partial charge in [0.15, 0.2) is 0 Å². The van der Waals surface area contributed by atoms with Gasteiger partial charge in [-0.1, -0.05) is 12.1 Å². The standard InChI is InChI=1S/C16H16N4O2/c17-14(9-21)16(22)20-11-3-1-10(2-4-11)12-5-7-18-15-13(12)6-8-19-15/h1-8,14,21H,9,17H2,(H,18,19)(H,20,22)/t14-/m0/s1. The van der Waals surface area contributed by atoms with Crippen LogP contribution < -0.4 is 11.1 Å². The molecule has 0 aliphatic heterocycles. The number of anilines is 1. The second kappa shape index (κ2) is 5.97. The fraction of sp³-hybridized carbons (Fsp3) is 0.125. The zero-order chi connectivity index (χ0) is 15.5. The molecule has 6 nitrogen and oxygen atoms in total. The SMILES string of the molecule is N[C@@H](CO)C(=O)Nc1ccc(-c2ccnc3[nH]ccc23)cc1. The topological polar surface area (TPSA) is 104 Å². The molecule has 0 saturated heterocycles. The minimum atomic E-state index is -0.917. The summed E-state index contributed by atoms with van der Waals surface area (Å²) in [4.78, 5) is 19.0. The van der Waals surface area contributed by atoms with Crippen LogP contribution in [0.1, 0.15) is 0 Å². The molecule has 0 saturated carbocycles. The normalized spacial score (nSPS) is 12.3. The molecule has 6 heteroatoms. The Labute approximate surface area is 127 Å². The van der Waals surface area contributed by atoms with E-state index in [-0.39, 0.29) is 6.61 Å². The van der Waals surface area contributed by atoms with Gasteiger partial charge in [-0.25, -0.2) is 4.98 Å². The molecule has 1 amide bonds. The first-order chi connectivity index (χ1) is 10.7. The average Bonchev–Trinajstić information content (AvgIpc) is 3.03. The summed E-state index contributed by atoms with van der Waals surface area (Å²) in [6, 6.07) is 10.5. The number of pyridine rings is 1. The molecule has 2 heterocycles. The highest BCUT2D eigenvalue weighted by Gasteiger charge is 2.12. The fourth-order valence-electron chi connectivity index (χ4n) is 2.26. The predicted molar refractivity (Wildman–Crippen MR) is 85.2 cm³/mol. The summed E-state index contributed by atoms with van der Waals surface area (Å²) in [5.41, 5.74) is 9.03. The van der Waals surface area contributed by atoms with Crippen LogP contribution in [0.15, 0.2) is 48.8 Å². The van der Waals surface area contributed by atoms with Crippen LogP contribution in [0.25, 0.3) is 22.2 Å². The van der Waals surface area contributed by atoms with Gasteiger partial charge in [0, 0.05) is 23.5 Å². The number of carbonyl (C=O) groups excluding carboxylic acids is 1. The third kappa shape index (κ3) is 2.69. The van der Waals surface area contributed by atoms with E-state index in [0.717, 1.165) is 22.2 Å². The maximum atomic E-state index is 11.6. The van der Waals surface area contributed by atoms with Crippen molar-refractivity contribution in [2.45, 2.75) is 6.04 Å². The molecule has 112 valence electrons. The predicted octanol–water partition coefficient (Wildman–Crippen LogP) is 1.49. The van der Waals surface area contributed by atoms with Crippen molar-refractivity contribution in [3.8, 4) is 11.1 Å². The lowest BCUT2D eigenvalue weighted by atomic mass is 10.0. The number of H-pyrrole nitrogens is 1. The number of hydrogen-bond acceptors (Lipinski definition) is 4. The van der Waals surface area contributed by atoms with E-state index in [1.165, 1.54) is 0 Å². The van der Waals surface area contributed by atoms with Crippen molar-refractivity contribution in [2.75, 3.05) is 11.9 Å². The Hall–Kier alpha value is -2.70. The van der Waals surface area contributed by atoms with Gasteiger partial charge in [0.2, 0.25) is 5.91 Å². The quantitative estimate of drug-likeness (QED) is 0.585. The molecule has 0 radical (unpaired) electrons. The molecule has 0 aliphatic carbocycles. The van der Waals surface area contributed by atoms with Gasteiger partial charge in [-0.3, -0.25) is 4.79 Å². The Morgan fingerprint density at radius 2 is 2.05 bits per heavy atom. The number of aromatic nitrogens is 2. The van der Waals surface area contributed by atoms with Gasteiger partial charge in [0.05, 0.1) is 6.61 Å². The minimum Gasteiger partial charge on any atom is -0.394 e. The number of aromatic amines is 1. The van der Waals surface area contributed by atoms with Gasteiger partial charge in [0.25, 0.3) is 0 Å². The van der Waals surface area contributed by atoms with Crippen LogP contribution in [-0.4, -0.2) is 33.6 Å². The van der Waals surface area contributed by atoms with Gasteiger partial charge in [0.1, 0.15) is 11.7 Å². The minimum absolute atomic E-state index is 0.383. The third-order valence-electron chi connectivity index (χ3n) is 3.46. The summed E-state index contributed by atoms with van der Waals surface area (Å²) in [5, 5.41) is 12.6. The molecule has 2 aromatic heterocycles. The van der Waals surface area contributed by atoms with Crippen molar-refractivity contribution < 1.29 is 9.90 Å². The summed E-state index contributed by atoms with van der Waals surface area (Å²) in [6.45, 7) is -0.383. The number of nitrogens with zero attached hydrogens (tertiary/aromatic N) is 1. The smallest absolute Gasteiger partial charge is 0.243 e. The molecule has 0 bridgehead atoms. The second-order valence-corrected chi connectivity index (χ2v) is 4.95. The molecular formula is C16H16N4O2. The fourth-order valence-corrected chi connectivity index (χ4v) is 2.26. The number of amides is 1. The lowest BCUT2D eigenvalue weighted by Gasteiger charge is -2.10. The van der Waals surface area contributed by atoms with E-state index in [9.17, 15) is 4.79 Å². The van der Waals surface area contributed by atoms with Gasteiger partial charge in [-0.2, -0.15) is 0 Å². The van der Waals surface area contributed by atoms with E-state index >= 15 is 0 Å². The maximum Gasteiger partial charge on any atom is 0.243 e. The van der Waals surface area contributed by atoms with E-state index in [2.05, 4.69) is 15.3 Å². The molecule has 1 aromatic carbocycles. The van der Waals surface area contributed by atoms with Crippen molar-refractivity contribution in [1.82, 2.24) is 9.97 Å². The third-order valence-corrected chi connectivity index (χ3v) is 3.46. The van der Waals surface area contributed by atoms with Crippen LogP contribution in [0.2, 0.25) is 0 Å². The lowest BCUT2D eigenvalue weighted by molar-refractivity contribution is -0.118. The summed E-state index contributed by atoms with van der Waals surface area (Å²) in [5.74, 6) is -0.410. The van der Waals surface area contributed by atoms with Crippen LogP contribution in [-0.2, 0) is 4.79 Å². The summed E-state index contributed by atoms with van der Waals surface area (Å²) < 4.78 is 0. The Kier molecular flexibility index (Phi) is 3.86. The molecule has 0 spiro atoms. The Morgan fingerprint density at radius 3 is 2.77 bits per heavy atom. The monoisotopic (exact) mass is 296 g/mol. The summed E-state index contributed by atoms with van der Waals surface area (Å²) in [6.07, 6.45) is 3.61. The van der Waals surface area contributed by atoms with Gasteiger partial charge >= 0.3 is 0 Å². The van der Waals surface area contributed by atoms with Gasteiger partial charge in [-0.05, 0) is 35.4 Å². The molecular weight excluding hydrogens is 280 g/mol. The molecule has 3 rings (SSSR count). The summed E-state index contributed by atoms with van der Waals surface area (Å²) >= 11 is 0. The van der Waals surface area contributed by atoms with E-state index in [1.54, 1.807) is 18.3 Å². The largest absolute Gasteiger partial charge is 0.394 e. The molecule has 1 atom stereocenters. The first-order valence-electron chi connectivity index (χ1n) is 6.89. The van der Waals surface area contributed by atoms with Crippen LogP contribution in [0, 0.1) is 0 Å². The Morgan fingerprint density at radius 1 is 1.27 bits per heavy atom. The van der Waals surface area contributed by atoms with E-state index in [0.29, 0.717) is 5.69 Å². The highest BCUT2D eigenvalue weighted by atomic mass is 16.3. The Bertz CT molecular complexity index is 795. The second-order valence-electron chi connectivity index (χ2n) is 4.95. The van der Waals surface area contributed by atoms with E-state index in [1.807, 2.05) is 30.5 Å². The lowest BCUT2D eigenvalue weighted by Crippen LogP contribution is -2.38. The number of nitrogens with two attached hydrogens (primary N) is 1. The van der Waals surface area contributed by atoms with E-state index in [4.69, 9.17) is 10.8 Å². The van der Waals surface area contributed by atoms with Crippen LogP contribution in [0.5, 0.6) is 0 Å². The van der Waals surface area contributed by atoms with Crippen molar-refractivity contribution in [1.29, 1.82) is 0 Å². The first-order valence-corrected chi connectivity index (χ1v) is 6.89. The van der Waals surface area contributed by atoms with Crippen molar-refractivity contribution in [3.05, 3.63) is 48.8 Å². The van der Waals surface area contributed by atoms with Crippen LogP contribution in [0.4, 0.5) is 5.69 Å². The molecule has 5 N–H and O–H groups in total. The number of nitrogens with one attached hydrogen (secondary N) is 2. The number of fused-ring (bicyclic) bond motifs is 1. The Balaban J connectivity index is 1.85. The van der Waals surface area contributed by atoms with Crippen molar-refractivity contribution in [2.24, 2.45) is 5.73 Å². The number of benzene rings is 1. The first kappa shape index (κ1) is 14.2. The van der Waals surface area contributed by atoms with E-state index < -0.39 is 11.9 Å². The number of aliphatic hydroxyl groups is 1. The van der Waals surface area contributed by atoms with Gasteiger partial charge < -0.3 is 21.1 Å². The number of aliphatic hydroxyl groups excluding tert-OH is 1. The molecule has 0 fully saturated rings. The molecule has 0 unspecified atom stereocenters. The number of hydrogen-bond donors (Lipinski definition) is 4. The summed E-state index contributed by atoms with van der Waals surface area (Å²) in [7, 11) is 0. The van der Waals surface area contributed by atoms with Crippen LogP contribution >= 0.6 is 0 Å². The zero-order valence-corrected chi connectivity index (χ0v) is 11.8. The highest BCUT2D eigenvalue weighted by molar-refractivity contribution is 5.96. The number of rotatable bonds is 4. The molecule has 22 heavy (non-hydrogen) atoms. The highest BCUT2D eigenvalue weighted by Crippen LogP contribution is 2.27. The van der Waals surface area contributed by atoms with Crippen LogP contribution in [0.3, 0.4) is 0 Å². The number of carbonyl (C=O) groups is 1. The van der Waals surface area contributed by atoms with Crippen molar-refractivity contribution >= 4 is 22.6 Å². The van der Waals surface area contributed by atoms with Gasteiger partial charge in [-0.15, -0.1) is 0 Å². The average molecular weight is 296 g/mol. The molecule has 0 aliphatic rings. The zero-order valence-electron chi connectivity index (χ0n) is 11.8. The molecule has 3 aromatic rings.